The van der Waals surface area contributed by atoms with Crippen LogP contribution in [0.2, 0.25) is 0 Å². The van der Waals surface area contributed by atoms with E-state index in [2.05, 4.69) is 5.32 Å². The second-order valence-electron chi connectivity index (χ2n) is 4.28. The molecule has 0 atom stereocenters. The van der Waals surface area contributed by atoms with Crippen LogP contribution in [0, 0.1) is 0 Å². The Morgan fingerprint density at radius 2 is 1.54 bits per heavy atom. The Kier molecular flexibility index (Phi) is 2.60. The lowest BCUT2D eigenvalue weighted by atomic mass is 9.95. The Hall–Kier alpha value is -0.0900. The predicted molar refractivity (Wildman–Crippen MR) is 52.5 cm³/mol. The van der Waals surface area contributed by atoms with Crippen molar-refractivity contribution >= 4 is 9.84 Å². The monoisotopic (exact) mass is 203 g/mol. The maximum absolute atomic E-state index is 10.9. The van der Waals surface area contributed by atoms with E-state index in [1.807, 2.05) is 0 Å². The van der Waals surface area contributed by atoms with E-state index in [9.17, 15) is 8.42 Å². The number of hydrogen-bond donors (Lipinski definition) is 1. The summed E-state index contributed by atoms with van der Waals surface area (Å²) in [4.78, 5) is 0. The summed E-state index contributed by atoms with van der Waals surface area (Å²) in [6.07, 6.45) is 6.42. The molecular weight excluding hydrogens is 186 g/mol. The van der Waals surface area contributed by atoms with Crippen LogP contribution in [0.4, 0.5) is 0 Å². The van der Waals surface area contributed by atoms with Crippen LogP contribution in [0.15, 0.2) is 0 Å². The molecule has 3 nitrogen and oxygen atoms in total. The molecule has 1 saturated heterocycles. The maximum atomic E-state index is 10.9. The molecule has 1 N–H and O–H groups in total. The Bertz CT molecular complexity index is 255. The van der Waals surface area contributed by atoms with E-state index >= 15 is 0 Å². The normalized spacial score (nSPS) is 29.8. The number of sulfone groups is 1. The molecule has 2 rings (SSSR count). The Morgan fingerprint density at radius 1 is 0.923 bits per heavy atom. The number of rotatable bonds is 2. The van der Waals surface area contributed by atoms with Gasteiger partial charge in [-0.1, -0.05) is 19.3 Å². The first-order valence-electron chi connectivity index (χ1n) is 5.12. The molecule has 1 heterocycles. The van der Waals surface area contributed by atoms with Gasteiger partial charge in [-0.15, -0.1) is 0 Å². The third-order valence-electron chi connectivity index (χ3n) is 2.99. The van der Waals surface area contributed by atoms with E-state index in [-0.39, 0.29) is 6.04 Å². The van der Waals surface area contributed by atoms with Gasteiger partial charge < -0.3 is 5.32 Å². The Balaban J connectivity index is 1.73. The highest BCUT2D eigenvalue weighted by Crippen LogP contribution is 2.20. The van der Waals surface area contributed by atoms with Crippen molar-refractivity contribution in [2.24, 2.45) is 0 Å². The zero-order valence-electron chi connectivity index (χ0n) is 7.83. The van der Waals surface area contributed by atoms with E-state index in [4.69, 9.17) is 0 Å². The first kappa shape index (κ1) is 9.46. The average Bonchev–Trinajstić information content (AvgIpc) is 2.03. The fourth-order valence-electron chi connectivity index (χ4n) is 2.26. The van der Waals surface area contributed by atoms with Gasteiger partial charge in [0.1, 0.15) is 0 Å². The van der Waals surface area contributed by atoms with Gasteiger partial charge in [0, 0.05) is 12.1 Å². The molecule has 13 heavy (non-hydrogen) atoms. The van der Waals surface area contributed by atoms with Gasteiger partial charge in [0.05, 0.1) is 11.5 Å². The van der Waals surface area contributed by atoms with Crippen molar-refractivity contribution in [2.75, 3.05) is 11.5 Å². The van der Waals surface area contributed by atoms with Gasteiger partial charge in [-0.2, -0.15) is 0 Å². The van der Waals surface area contributed by atoms with Crippen LogP contribution < -0.4 is 5.32 Å². The van der Waals surface area contributed by atoms with E-state index in [0.717, 1.165) is 0 Å². The van der Waals surface area contributed by atoms with Crippen molar-refractivity contribution in [3.63, 3.8) is 0 Å². The fourth-order valence-corrected chi connectivity index (χ4v) is 3.58. The third-order valence-corrected chi connectivity index (χ3v) is 4.81. The van der Waals surface area contributed by atoms with Crippen LogP contribution in [0.3, 0.4) is 0 Å². The molecule has 2 fully saturated rings. The van der Waals surface area contributed by atoms with Gasteiger partial charge in [0.2, 0.25) is 0 Å². The second-order valence-corrected chi connectivity index (χ2v) is 6.43. The van der Waals surface area contributed by atoms with Crippen LogP contribution in [0.1, 0.15) is 32.1 Å². The lowest BCUT2D eigenvalue weighted by Crippen LogP contribution is -2.54. The first-order chi connectivity index (χ1) is 6.16. The molecule has 76 valence electrons. The van der Waals surface area contributed by atoms with E-state index in [1.54, 1.807) is 0 Å². The van der Waals surface area contributed by atoms with Gasteiger partial charge in [-0.25, -0.2) is 8.42 Å². The molecule has 0 amide bonds. The molecule has 0 aromatic rings. The molecule has 0 radical (unpaired) electrons. The highest BCUT2D eigenvalue weighted by Gasteiger charge is 2.34. The molecule has 0 aromatic carbocycles. The van der Waals surface area contributed by atoms with E-state index in [0.29, 0.717) is 17.5 Å². The number of hydrogen-bond acceptors (Lipinski definition) is 3. The van der Waals surface area contributed by atoms with Crippen molar-refractivity contribution in [1.82, 2.24) is 5.32 Å². The molecule has 4 heteroatoms. The SMILES string of the molecule is O=S1(=O)CC(NC2CCCCC2)C1. The third kappa shape index (κ3) is 2.44. The average molecular weight is 203 g/mol. The molecule has 1 aliphatic carbocycles. The highest BCUT2D eigenvalue weighted by atomic mass is 32.2. The lowest BCUT2D eigenvalue weighted by molar-refractivity contribution is 0.345. The van der Waals surface area contributed by atoms with Crippen molar-refractivity contribution in [3.8, 4) is 0 Å². The fraction of sp³-hybridized carbons (Fsp3) is 1.00. The maximum Gasteiger partial charge on any atom is 0.153 e. The molecule has 1 aliphatic heterocycles. The van der Waals surface area contributed by atoms with Crippen LogP contribution in [-0.4, -0.2) is 32.0 Å². The first-order valence-corrected chi connectivity index (χ1v) is 6.94. The zero-order valence-corrected chi connectivity index (χ0v) is 8.65. The Labute approximate surface area is 79.8 Å². The van der Waals surface area contributed by atoms with Crippen LogP contribution in [0.25, 0.3) is 0 Å². The van der Waals surface area contributed by atoms with Crippen LogP contribution in [-0.2, 0) is 9.84 Å². The van der Waals surface area contributed by atoms with E-state index in [1.165, 1.54) is 32.1 Å². The summed E-state index contributed by atoms with van der Waals surface area (Å²) in [7, 11) is -2.64. The van der Waals surface area contributed by atoms with Crippen molar-refractivity contribution in [1.29, 1.82) is 0 Å². The minimum atomic E-state index is -2.64. The predicted octanol–water partition coefficient (Wildman–Crippen LogP) is 0.706. The van der Waals surface area contributed by atoms with E-state index < -0.39 is 9.84 Å². The standard InChI is InChI=1S/C9H17NO2S/c11-13(12)6-9(7-13)10-8-4-2-1-3-5-8/h8-10H,1-7H2. The highest BCUT2D eigenvalue weighted by molar-refractivity contribution is 7.92. The van der Waals surface area contributed by atoms with Gasteiger partial charge in [0.25, 0.3) is 0 Å². The van der Waals surface area contributed by atoms with Crippen molar-refractivity contribution in [3.05, 3.63) is 0 Å². The smallest absolute Gasteiger partial charge is 0.153 e. The van der Waals surface area contributed by atoms with Crippen molar-refractivity contribution < 1.29 is 8.42 Å². The molecule has 0 unspecified atom stereocenters. The van der Waals surface area contributed by atoms with Gasteiger partial charge in [-0.3, -0.25) is 0 Å². The number of nitrogens with one attached hydrogen (secondary N) is 1. The molecule has 2 aliphatic rings. The molecule has 0 aromatic heterocycles. The minimum Gasteiger partial charge on any atom is -0.309 e. The van der Waals surface area contributed by atoms with Crippen molar-refractivity contribution in [2.45, 2.75) is 44.2 Å². The molecule has 0 spiro atoms. The summed E-state index contributed by atoms with van der Waals surface area (Å²) < 4.78 is 21.8. The van der Waals surface area contributed by atoms with Gasteiger partial charge in [-0.05, 0) is 12.8 Å². The van der Waals surface area contributed by atoms with Crippen LogP contribution >= 0.6 is 0 Å². The Morgan fingerprint density at radius 3 is 2.08 bits per heavy atom. The van der Waals surface area contributed by atoms with Crippen LogP contribution in [0.5, 0.6) is 0 Å². The largest absolute Gasteiger partial charge is 0.309 e. The van der Waals surface area contributed by atoms with Gasteiger partial charge in [0.15, 0.2) is 9.84 Å². The quantitative estimate of drug-likeness (QED) is 0.719. The topological polar surface area (TPSA) is 46.2 Å². The summed E-state index contributed by atoms with van der Waals surface area (Å²) >= 11 is 0. The summed E-state index contributed by atoms with van der Waals surface area (Å²) in [5, 5.41) is 3.43. The second kappa shape index (κ2) is 3.58. The molecule has 0 bridgehead atoms. The molecule has 1 saturated carbocycles. The minimum absolute atomic E-state index is 0.257. The zero-order chi connectivity index (χ0) is 9.31. The lowest BCUT2D eigenvalue weighted by Gasteiger charge is -2.33. The molecular formula is C9H17NO2S. The summed E-state index contributed by atoms with van der Waals surface area (Å²) in [5.41, 5.74) is 0. The summed E-state index contributed by atoms with van der Waals surface area (Å²) in [6.45, 7) is 0. The summed E-state index contributed by atoms with van der Waals surface area (Å²) in [6, 6.07) is 0.849. The summed E-state index contributed by atoms with van der Waals surface area (Å²) in [5.74, 6) is 0.729. The van der Waals surface area contributed by atoms with Gasteiger partial charge >= 0.3 is 0 Å².